The van der Waals surface area contributed by atoms with E-state index in [-0.39, 0.29) is 0 Å². The molecule has 0 aliphatic heterocycles. The van der Waals surface area contributed by atoms with Crippen LogP contribution in [0, 0.1) is 0 Å². The molecule has 0 spiro atoms. The van der Waals surface area contributed by atoms with Crippen molar-refractivity contribution in [3.8, 4) is 0 Å². The smallest absolute Gasteiger partial charge is 0.0929 e. The molecular formula is C22H19OP. The minimum Gasteiger partial charge on any atom is -0.350 e. The van der Waals surface area contributed by atoms with Gasteiger partial charge in [-0.1, -0.05) is 84.9 Å². The van der Waals surface area contributed by atoms with E-state index in [4.69, 9.17) is 4.52 Å². The third kappa shape index (κ3) is 2.71. The molecule has 1 nitrogen and oxygen atoms in total. The first-order valence-electron chi connectivity index (χ1n) is 8.27. The zero-order valence-corrected chi connectivity index (χ0v) is 14.5. The van der Waals surface area contributed by atoms with Gasteiger partial charge < -0.3 is 4.52 Å². The molecule has 2 heteroatoms. The molecule has 0 saturated carbocycles. The van der Waals surface area contributed by atoms with Crippen LogP contribution in [0.25, 0.3) is 21.5 Å². The van der Waals surface area contributed by atoms with Crippen molar-refractivity contribution in [2.24, 2.45) is 0 Å². The van der Waals surface area contributed by atoms with E-state index in [0.717, 1.165) is 0 Å². The molecule has 0 aliphatic carbocycles. The molecule has 0 unspecified atom stereocenters. The summed E-state index contributed by atoms with van der Waals surface area (Å²) in [5.41, 5.74) is 0. The van der Waals surface area contributed by atoms with Crippen LogP contribution in [-0.2, 0) is 4.52 Å². The largest absolute Gasteiger partial charge is 0.350 e. The molecule has 4 aromatic rings. The number of fused-ring (bicyclic) bond motifs is 2. The molecule has 0 fully saturated rings. The average Bonchev–Trinajstić information content (AvgIpc) is 2.65. The van der Waals surface area contributed by atoms with E-state index >= 15 is 0 Å². The fraction of sp³-hybridized carbons (Fsp3) is 0.0909. The molecule has 4 rings (SSSR count). The van der Waals surface area contributed by atoms with E-state index in [1.54, 1.807) is 0 Å². The second-order valence-corrected chi connectivity index (χ2v) is 7.52. The van der Waals surface area contributed by atoms with Gasteiger partial charge in [-0.3, -0.25) is 0 Å². The van der Waals surface area contributed by atoms with Crippen LogP contribution in [0.3, 0.4) is 0 Å². The Balaban J connectivity index is 1.96. The molecule has 0 aromatic heterocycles. The van der Waals surface area contributed by atoms with E-state index in [2.05, 4.69) is 91.9 Å². The first-order chi connectivity index (χ1) is 11.9. The van der Waals surface area contributed by atoms with Crippen LogP contribution in [0.2, 0.25) is 0 Å². The Bertz CT molecular complexity index is 903. The van der Waals surface area contributed by atoms with E-state index in [1.807, 2.05) is 0 Å². The number of hydrogen-bond acceptors (Lipinski definition) is 1. The first kappa shape index (κ1) is 15.3. The first-order valence-corrected chi connectivity index (χ1v) is 9.53. The quantitative estimate of drug-likeness (QED) is 0.457. The van der Waals surface area contributed by atoms with Crippen LogP contribution < -0.4 is 10.6 Å². The maximum absolute atomic E-state index is 6.30. The van der Waals surface area contributed by atoms with E-state index in [9.17, 15) is 0 Å². The van der Waals surface area contributed by atoms with Crippen LogP contribution in [0.5, 0.6) is 0 Å². The minimum atomic E-state index is -0.851. The standard InChI is InChI=1S/C22H19OP/c1-2-23-24(21-15-7-11-17-9-3-5-13-19(17)21)22-16-8-12-18-10-4-6-14-20(18)22/h3-16H,2H2,1H3. The van der Waals surface area contributed by atoms with Gasteiger partial charge in [0, 0.05) is 17.2 Å². The molecule has 0 saturated heterocycles. The van der Waals surface area contributed by atoms with Crippen molar-refractivity contribution in [3.63, 3.8) is 0 Å². The summed E-state index contributed by atoms with van der Waals surface area (Å²) in [6.07, 6.45) is 0. The van der Waals surface area contributed by atoms with Crippen molar-refractivity contribution in [2.75, 3.05) is 6.61 Å². The maximum Gasteiger partial charge on any atom is 0.0929 e. The molecule has 24 heavy (non-hydrogen) atoms. The van der Waals surface area contributed by atoms with Crippen LogP contribution in [0.4, 0.5) is 0 Å². The Kier molecular flexibility index (Phi) is 4.30. The van der Waals surface area contributed by atoms with Crippen LogP contribution in [-0.4, -0.2) is 6.61 Å². The van der Waals surface area contributed by atoms with Crippen molar-refractivity contribution in [3.05, 3.63) is 84.9 Å². The van der Waals surface area contributed by atoms with Crippen molar-refractivity contribution < 1.29 is 4.52 Å². The molecule has 0 bridgehead atoms. The predicted octanol–water partition coefficient (Wildman–Crippen LogP) is 5.38. The van der Waals surface area contributed by atoms with Gasteiger partial charge in [-0.2, -0.15) is 0 Å². The fourth-order valence-electron chi connectivity index (χ4n) is 3.17. The Labute approximate surface area is 143 Å². The summed E-state index contributed by atoms with van der Waals surface area (Å²) in [6, 6.07) is 30.2. The molecule has 0 heterocycles. The summed E-state index contributed by atoms with van der Waals surface area (Å²) in [5.74, 6) is 0. The van der Waals surface area contributed by atoms with Gasteiger partial charge in [-0.25, -0.2) is 0 Å². The minimum absolute atomic E-state index is 0.706. The molecular weight excluding hydrogens is 311 g/mol. The SMILES string of the molecule is CCOP(c1cccc2ccccc12)c1cccc2ccccc12. The van der Waals surface area contributed by atoms with Crippen LogP contribution in [0.15, 0.2) is 84.9 Å². The van der Waals surface area contributed by atoms with Gasteiger partial charge in [0.15, 0.2) is 0 Å². The Morgan fingerprint density at radius 2 is 1.08 bits per heavy atom. The Morgan fingerprint density at radius 3 is 1.58 bits per heavy atom. The molecule has 0 atom stereocenters. The molecule has 4 aromatic carbocycles. The molecule has 0 aliphatic rings. The lowest BCUT2D eigenvalue weighted by molar-refractivity contribution is 0.388. The van der Waals surface area contributed by atoms with Gasteiger partial charge in [0.25, 0.3) is 0 Å². The fourth-order valence-corrected chi connectivity index (χ4v) is 5.25. The summed E-state index contributed by atoms with van der Waals surface area (Å²) >= 11 is 0. The maximum atomic E-state index is 6.30. The number of benzene rings is 4. The normalized spacial score (nSPS) is 11.4. The van der Waals surface area contributed by atoms with Crippen molar-refractivity contribution in [2.45, 2.75) is 6.92 Å². The highest BCUT2D eigenvalue weighted by Crippen LogP contribution is 2.39. The summed E-state index contributed by atoms with van der Waals surface area (Å²) in [4.78, 5) is 0. The number of hydrogen-bond donors (Lipinski definition) is 0. The van der Waals surface area contributed by atoms with Crippen molar-refractivity contribution in [1.29, 1.82) is 0 Å². The predicted molar refractivity (Wildman–Crippen MR) is 106 cm³/mol. The molecule has 0 amide bonds. The van der Waals surface area contributed by atoms with E-state index in [1.165, 1.54) is 32.2 Å². The number of rotatable bonds is 4. The third-order valence-electron chi connectivity index (χ3n) is 4.23. The average molecular weight is 330 g/mol. The lowest BCUT2D eigenvalue weighted by atomic mass is 10.1. The van der Waals surface area contributed by atoms with Gasteiger partial charge in [0.1, 0.15) is 0 Å². The van der Waals surface area contributed by atoms with Gasteiger partial charge in [-0.05, 0) is 28.5 Å². The van der Waals surface area contributed by atoms with Crippen molar-refractivity contribution >= 4 is 40.3 Å². The Hall–Kier alpha value is -2.21. The third-order valence-corrected chi connectivity index (χ3v) is 6.40. The highest BCUT2D eigenvalue weighted by atomic mass is 31.1. The summed E-state index contributed by atoms with van der Waals surface area (Å²) in [6.45, 7) is 2.78. The van der Waals surface area contributed by atoms with Gasteiger partial charge >= 0.3 is 0 Å². The van der Waals surface area contributed by atoms with E-state index in [0.29, 0.717) is 6.61 Å². The monoisotopic (exact) mass is 330 g/mol. The summed E-state index contributed by atoms with van der Waals surface area (Å²) < 4.78 is 6.30. The van der Waals surface area contributed by atoms with E-state index < -0.39 is 8.15 Å². The van der Waals surface area contributed by atoms with Gasteiger partial charge in [0.05, 0.1) is 8.15 Å². The lowest BCUT2D eigenvalue weighted by Gasteiger charge is -2.21. The van der Waals surface area contributed by atoms with Crippen molar-refractivity contribution in [1.82, 2.24) is 0 Å². The second kappa shape index (κ2) is 6.73. The zero-order chi connectivity index (χ0) is 16.4. The van der Waals surface area contributed by atoms with Gasteiger partial charge in [0.2, 0.25) is 0 Å². The van der Waals surface area contributed by atoms with Gasteiger partial charge in [-0.15, -0.1) is 0 Å². The van der Waals surface area contributed by atoms with Crippen LogP contribution in [0.1, 0.15) is 6.92 Å². The highest BCUT2D eigenvalue weighted by Gasteiger charge is 2.19. The lowest BCUT2D eigenvalue weighted by Crippen LogP contribution is -2.15. The summed E-state index contributed by atoms with van der Waals surface area (Å²) in [7, 11) is -0.851. The highest BCUT2D eigenvalue weighted by molar-refractivity contribution is 7.69. The molecule has 0 N–H and O–H groups in total. The topological polar surface area (TPSA) is 9.23 Å². The second-order valence-electron chi connectivity index (χ2n) is 5.71. The Morgan fingerprint density at radius 1 is 0.625 bits per heavy atom. The molecule has 0 radical (unpaired) electrons. The van der Waals surface area contributed by atoms with Crippen LogP contribution >= 0.6 is 8.15 Å². The summed E-state index contributed by atoms with van der Waals surface area (Å²) in [5, 5.41) is 7.69. The molecule has 118 valence electrons. The zero-order valence-electron chi connectivity index (χ0n) is 13.6.